The summed E-state index contributed by atoms with van der Waals surface area (Å²) >= 11 is 0. The summed E-state index contributed by atoms with van der Waals surface area (Å²) in [6.07, 6.45) is 4.53. The minimum Gasteiger partial charge on any atom is -0.489 e. The quantitative estimate of drug-likeness (QED) is 0.293. The van der Waals surface area contributed by atoms with Crippen molar-refractivity contribution in [1.82, 2.24) is 14.8 Å². The van der Waals surface area contributed by atoms with Gasteiger partial charge < -0.3 is 10.1 Å². The first-order chi connectivity index (χ1) is 18.1. The fourth-order valence-electron chi connectivity index (χ4n) is 3.91. The third-order valence-electron chi connectivity index (χ3n) is 5.81. The fraction of sp³-hybridized carbons (Fsp3) is 0.0667. The van der Waals surface area contributed by atoms with Gasteiger partial charge >= 0.3 is 0 Å². The molecule has 7 nitrogen and oxygen atoms in total. The highest BCUT2D eigenvalue weighted by Crippen LogP contribution is 2.24. The number of pyridine rings is 1. The van der Waals surface area contributed by atoms with E-state index in [-0.39, 0.29) is 17.3 Å². The number of fused-ring (bicyclic) bond motifs is 1. The fourth-order valence-corrected chi connectivity index (χ4v) is 3.91. The number of aromatic nitrogens is 3. The first-order valence-corrected chi connectivity index (χ1v) is 11.7. The molecule has 180 valence electrons. The van der Waals surface area contributed by atoms with Crippen LogP contribution in [0.15, 0.2) is 97.2 Å². The van der Waals surface area contributed by atoms with Crippen LogP contribution in [0.3, 0.4) is 0 Å². The van der Waals surface area contributed by atoms with E-state index in [9.17, 15) is 10.1 Å². The predicted molar refractivity (Wildman–Crippen MR) is 143 cm³/mol. The van der Waals surface area contributed by atoms with Crippen LogP contribution >= 0.6 is 0 Å². The molecule has 0 fully saturated rings. The van der Waals surface area contributed by atoms with Crippen LogP contribution < -0.4 is 10.1 Å². The number of nitrogens with one attached hydrogen (secondary N) is 1. The zero-order valence-corrected chi connectivity index (χ0v) is 20.1. The Morgan fingerprint density at radius 3 is 2.59 bits per heavy atom. The van der Waals surface area contributed by atoms with Gasteiger partial charge in [-0.1, -0.05) is 60.7 Å². The van der Waals surface area contributed by atoms with E-state index in [1.165, 1.54) is 17.0 Å². The maximum absolute atomic E-state index is 12.7. The predicted octanol–water partition coefficient (Wildman–Crippen LogP) is 5.83. The van der Waals surface area contributed by atoms with Gasteiger partial charge in [-0.05, 0) is 54.0 Å². The maximum Gasteiger partial charge on any atom is 0.249 e. The third-order valence-corrected chi connectivity index (χ3v) is 5.81. The van der Waals surface area contributed by atoms with Crippen molar-refractivity contribution in [3.8, 4) is 17.6 Å². The lowest BCUT2D eigenvalue weighted by Gasteiger charge is -2.10. The molecule has 2 aromatic heterocycles. The number of hydrogen-bond acceptors (Lipinski definition) is 5. The van der Waals surface area contributed by atoms with Gasteiger partial charge in [0.25, 0.3) is 0 Å². The molecule has 1 N–H and O–H groups in total. The average Bonchev–Trinajstić information content (AvgIpc) is 3.34. The Bertz CT molecular complexity index is 1630. The molecule has 0 aliphatic heterocycles. The largest absolute Gasteiger partial charge is 0.489 e. The van der Waals surface area contributed by atoms with Gasteiger partial charge in [0.1, 0.15) is 24.0 Å². The molecule has 0 aliphatic carbocycles. The molecular formula is C30H23N5O2. The van der Waals surface area contributed by atoms with Crippen molar-refractivity contribution in [3.63, 3.8) is 0 Å². The molecule has 37 heavy (non-hydrogen) atoms. The Hall–Kier alpha value is -5.22. The molecule has 3 aromatic carbocycles. The van der Waals surface area contributed by atoms with Gasteiger partial charge in [0, 0.05) is 11.5 Å². The number of nitriles is 1. The molecule has 0 unspecified atom stereocenters. The van der Waals surface area contributed by atoms with Gasteiger partial charge in [0.2, 0.25) is 5.91 Å². The molecule has 2 heterocycles. The van der Waals surface area contributed by atoms with E-state index in [0.29, 0.717) is 12.4 Å². The smallest absolute Gasteiger partial charge is 0.249 e. The number of anilines is 1. The van der Waals surface area contributed by atoms with Gasteiger partial charge in [0.05, 0.1) is 11.7 Å². The van der Waals surface area contributed by atoms with Crippen molar-refractivity contribution >= 4 is 28.7 Å². The van der Waals surface area contributed by atoms with Crippen LogP contribution in [0.25, 0.3) is 22.8 Å². The van der Waals surface area contributed by atoms with Crippen molar-refractivity contribution in [2.24, 2.45) is 0 Å². The van der Waals surface area contributed by atoms with E-state index >= 15 is 0 Å². The van der Waals surface area contributed by atoms with Crippen molar-refractivity contribution < 1.29 is 9.53 Å². The van der Waals surface area contributed by atoms with Gasteiger partial charge in [0.15, 0.2) is 11.6 Å². The zero-order valence-electron chi connectivity index (χ0n) is 20.1. The number of aryl methyl sites for hydroxylation is 1. The number of nitrogens with zero attached hydrogens (tertiary/aromatic N) is 4. The summed E-state index contributed by atoms with van der Waals surface area (Å²) in [5, 5.41) is 17.7. The van der Waals surface area contributed by atoms with Gasteiger partial charge in [-0.3, -0.25) is 4.79 Å². The van der Waals surface area contributed by atoms with Crippen LogP contribution in [0.5, 0.6) is 5.75 Å². The number of benzene rings is 3. The lowest BCUT2D eigenvalue weighted by atomic mass is 10.1. The van der Waals surface area contributed by atoms with Crippen LogP contribution in [-0.2, 0) is 11.4 Å². The summed E-state index contributed by atoms with van der Waals surface area (Å²) in [5.41, 5.74) is 3.99. The highest BCUT2D eigenvalue weighted by atomic mass is 16.5. The molecule has 5 rings (SSSR count). The second-order valence-electron chi connectivity index (χ2n) is 8.41. The second kappa shape index (κ2) is 10.6. The number of hydrogen-bond donors (Lipinski definition) is 1. The minimum atomic E-state index is -0.389. The van der Waals surface area contributed by atoms with E-state index < -0.39 is 0 Å². The Kier molecular flexibility index (Phi) is 6.73. The maximum atomic E-state index is 12.7. The monoisotopic (exact) mass is 485 g/mol. The molecule has 7 heteroatoms. The Labute approximate surface area is 214 Å². The van der Waals surface area contributed by atoms with E-state index in [0.717, 1.165) is 33.3 Å². The van der Waals surface area contributed by atoms with Crippen LogP contribution in [0.1, 0.15) is 22.3 Å². The molecule has 0 radical (unpaired) electrons. The standard InChI is InChI=1S/C30H23N5O2/c1-21-17-28(33-27-10-6-5-9-26(21)27)35-30(24(18-31)19-32-35)34-29(36)16-13-22-11-14-25(15-12-22)37-20-23-7-3-2-4-8-23/h2-17,19H,20H2,1H3,(H,34,36)/b16-13+. The van der Waals surface area contributed by atoms with Crippen LogP contribution in [0.4, 0.5) is 5.82 Å². The van der Waals surface area contributed by atoms with Gasteiger partial charge in [-0.2, -0.15) is 15.0 Å². The molecule has 0 aliphatic rings. The van der Waals surface area contributed by atoms with E-state index in [2.05, 4.69) is 21.5 Å². The van der Waals surface area contributed by atoms with E-state index in [1.54, 1.807) is 6.08 Å². The molecule has 0 bridgehead atoms. The summed E-state index contributed by atoms with van der Waals surface area (Å²) in [4.78, 5) is 17.4. The zero-order chi connectivity index (χ0) is 25.6. The molecule has 5 aromatic rings. The number of ether oxygens (including phenoxy) is 1. The van der Waals surface area contributed by atoms with Gasteiger partial charge in [-0.25, -0.2) is 4.98 Å². The number of para-hydroxylation sites is 1. The molecule has 0 spiro atoms. The summed E-state index contributed by atoms with van der Waals surface area (Å²) in [6, 6.07) is 29.2. The lowest BCUT2D eigenvalue weighted by molar-refractivity contribution is -0.111. The number of carbonyl (C=O) groups is 1. The topological polar surface area (TPSA) is 92.8 Å². The summed E-state index contributed by atoms with van der Waals surface area (Å²) in [7, 11) is 0. The first kappa shape index (κ1) is 23.5. The Morgan fingerprint density at radius 2 is 1.81 bits per heavy atom. The average molecular weight is 486 g/mol. The number of rotatable bonds is 7. The number of amides is 1. The van der Waals surface area contributed by atoms with Crippen molar-refractivity contribution in [3.05, 3.63) is 119 Å². The van der Waals surface area contributed by atoms with E-state index in [1.807, 2.05) is 91.9 Å². The molecular weight excluding hydrogens is 462 g/mol. The molecule has 0 atom stereocenters. The minimum absolute atomic E-state index is 0.245. The van der Waals surface area contributed by atoms with Crippen molar-refractivity contribution in [1.29, 1.82) is 5.26 Å². The summed E-state index contributed by atoms with van der Waals surface area (Å²) in [5.74, 6) is 1.14. The first-order valence-electron chi connectivity index (χ1n) is 11.7. The summed E-state index contributed by atoms with van der Waals surface area (Å²) in [6.45, 7) is 2.47. The highest BCUT2D eigenvalue weighted by Gasteiger charge is 2.16. The Balaban J connectivity index is 1.29. The number of carbonyl (C=O) groups excluding carboxylic acids is 1. The van der Waals surface area contributed by atoms with E-state index in [4.69, 9.17) is 4.74 Å². The van der Waals surface area contributed by atoms with Crippen molar-refractivity contribution in [2.45, 2.75) is 13.5 Å². The molecule has 0 saturated carbocycles. The SMILES string of the molecule is Cc1cc(-n2ncc(C#N)c2NC(=O)/C=C/c2ccc(OCc3ccccc3)cc2)nc2ccccc12. The lowest BCUT2D eigenvalue weighted by Crippen LogP contribution is -2.14. The highest BCUT2D eigenvalue weighted by molar-refractivity contribution is 6.02. The normalized spacial score (nSPS) is 10.9. The van der Waals surface area contributed by atoms with Crippen LogP contribution in [0.2, 0.25) is 0 Å². The molecule has 0 saturated heterocycles. The summed E-state index contributed by atoms with van der Waals surface area (Å²) < 4.78 is 7.28. The van der Waals surface area contributed by atoms with Crippen LogP contribution in [0, 0.1) is 18.3 Å². The second-order valence-corrected chi connectivity index (χ2v) is 8.41. The molecule has 1 amide bonds. The van der Waals surface area contributed by atoms with Gasteiger partial charge in [-0.15, -0.1) is 0 Å². The van der Waals surface area contributed by atoms with Crippen LogP contribution in [-0.4, -0.2) is 20.7 Å². The Morgan fingerprint density at radius 1 is 1.05 bits per heavy atom. The third kappa shape index (κ3) is 5.39. The van der Waals surface area contributed by atoms with Crippen molar-refractivity contribution in [2.75, 3.05) is 5.32 Å².